The van der Waals surface area contributed by atoms with Crippen molar-refractivity contribution >= 4 is 33.2 Å². The number of halogens is 1. The van der Waals surface area contributed by atoms with Gasteiger partial charge in [-0.25, -0.2) is 0 Å². The first-order valence-corrected chi connectivity index (χ1v) is 8.03. The number of hydrogen-bond acceptors (Lipinski definition) is 3. The van der Waals surface area contributed by atoms with Crippen molar-refractivity contribution < 1.29 is 4.79 Å². The molecule has 1 atom stereocenters. The molecule has 0 aliphatic heterocycles. The molecule has 3 nitrogen and oxygen atoms in total. The topological polar surface area (TPSA) is 55.1 Å². The number of nitrogens with one attached hydrogen (secondary N) is 1. The van der Waals surface area contributed by atoms with Gasteiger partial charge in [0.2, 0.25) is 0 Å². The Kier molecular flexibility index (Phi) is 5.34. The largest absolute Gasteiger partial charge is 0.351 e. The second-order valence-corrected chi connectivity index (χ2v) is 7.00. The maximum absolute atomic E-state index is 12.0. The third-order valence-electron chi connectivity index (χ3n) is 3.05. The van der Waals surface area contributed by atoms with Crippen LogP contribution in [0.2, 0.25) is 0 Å². The maximum atomic E-state index is 12.0. The molecule has 106 valence electrons. The van der Waals surface area contributed by atoms with Crippen molar-refractivity contribution in [1.29, 1.82) is 0 Å². The third kappa shape index (κ3) is 3.91. The van der Waals surface area contributed by atoms with E-state index in [-0.39, 0.29) is 11.9 Å². The average molecular weight is 353 g/mol. The van der Waals surface area contributed by atoms with Crippen LogP contribution in [0, 0.1) is 6.92 Å². The van der Waals surface area contributed by atoms with Crippen molar-refractivity contribution in [2.24, 2.45) is 5.73 Å². The summed E-state index contributed by atoms with van der Waals surface area (Å²) in [6.07, 6.45) is 0.723. The molecule has 2 aromatic rings. The van der Waals surface area contributed by atoms with Gasteiger partial charge < -0.3 is 11.1 Å². The van der Waals surface area contributed by atoms with Gasteiger partial charge in [-0.15, -0.1) is 11.3 Å². The third-order valence-corrected chi connectivity index (χ3v) is 5.18. The number of benzene rings is 1. The molecule has 2 rings (SSSR count). The Hall–Kier alpha value is -1.17. The molecular formula is C15H17BrN2OS. The molecule has 5 heteroatoms. The molecule has 1 aromatic carbocycles. The Labute approximate surface area is 131 Å². The number of hydrogen-bond donors (Lipinski definition) is 2. The molecule has 3 N–H and O–H groups in total. The Balaban J connectivity index is 1.82. The van der Waals surface area contributed by atoms with Crippen molar-refractivity contribution in [2.75, 3.05) is 6.54 Å². The van der Waals surface area contributed by atoms with E-state index in [1.807, 2.05) is 43.3 Å². The molecule has 0 radical (unpaired) electrons. The second-order valence-electron chi connectivity index (χ2n) is 4.63. The number of aryl methyl sites for hydroxylation is 1. The SMILES string of the molecule is Cc1cc(C(=O)NCCC(N)c2ccccc2)sc1Br. The zero-order valence-corrected chi connectivity index (χ0v) is 13.6. The second kappa shape index (κ2) is 7.02. The van der Waals surface area contributed by atoms with Crippen LogP contribution in [0.4, 0.5) is 0 Å². The lowest BCUT2D eigenvalue weighted by atomic mass is 10.1. The summed E-state index contributed by atoms with van der Waals surface area (Å²) in [6.45, 7) is 2.55. The summed E-state index contributed by atoms with van der Waals surface area (Å²) in [4.78, 5) is 12.7. The number of carbonyl (C=O) groups excluding carboxylic acids is 1. The Morgan fingerprint density at radius 1 is 1.40 bits per heavy atom. The van der Waals surface area contributed by atoms with Crippen molar-refractivity contribution in [3.05, 3.63) is 56.2 Å². The fourth-order valence-electron chi connectivity index (χ4n) is 1.87. The summed E-state index contributed by atoms with van der Waals surface area (Å²) in [7, 11) is 0. The van der Waals surface area contributed by atoms with Gasteiger partial charge in [0.05, 0.1) is 8.66 Å². The van der Waals surface area contributed by atoms with E-state index >= 15 is 0 Å². The zero-order valence-electron chi connectivity index (χ0n) is 11.2. The Morgan fingerprint density at radius 3 is 2.70 bits per heavy atom. The normalized spacial score (nSPS) is 12.2. The van der Waals surface area contributed by atoms with Crippen LogP contribution in [0.25, 0.3) is 0 Å². The molecule has 0 saturated carbocycles. The molecule has 0 saturated heterocycles. The molecule has 0 aliphatic rings. The van der Waals surface area contributed by atoms with E-state index in [1.54, 1.807) is 0 Å². The first-order chi connectivity index (χ1) is 9.58. The van der Waals surface area contributed by atoms with Crippen LogP contribution in [-0.4, -0.2) is 12.5 Å². The highest BCUT2D eigenvalue weighted by Crippen LogP contribution is 2.27. The number of carbonyl (C=O) groups is 1. The molecular weight excluding hydrogens is 336 g/mol. The number of thiophene rings is 1. The number of amides is 1. The van der Waals surface area contributed by atoms with Gasteiger partial charge in [-0.2, -0.15) is 0 Å². The van der Waals surface area contributed by atoms with Crippen molar-refractivity contribution in [3.63, 3.8) is 0 Å². The summed E-state index contributed by atoms with van der Waals surface area (Å²) in [5.41, 5.74) is 8.27. The predicted molar refractivity (Wildman–Crippen MR) is 87.1 cm³/mol. The summed E-state index contributed by atoms with van der Waals surface area (Å²) < 4.78 is 1.00. The van der Waals surface area contributed by atoms with Gasteiger partial charge in [-0.05, 0) is 46.5 Å². The maximum Gasteiger partial charge on any atom is 0.261 e. The number of nitrogens with two attached hydrogens (primary N) is 1. The molecule has 1 unspecified atom stereocenters. The lowest BCUT2D eigenvalue weighted by molar-refractivity contribution is 0.0956. The minimum absolute atomic E-state index is 0.0379. The quantitative estimate of drug-likeness (QED) is 0.862. The van der Waals surface area contributed by atoms with Crippen molar-refractivity contribution in [2.45, 2.75) is 19.4 Å². The van der Waals surface area contributed by atoms with E-state index in [2.05, 4.69) is 21.2 Å². The molecule has 1 heterocycles. The van der Waals surface area contributed by atoms with E-state index in [9.17, 15) is 4.79 Å². The fourth-order valence-corrected chi connectivity index (χ4v) is 3.32. The van der Waals surface area contributed by atoms with Gasteiger partial charge >= 0.3 is 0 Å². The van der Waals surface area contributed by atoms with Crippen LogP contribution >= 0.6 is 27.3 Å². The van der Waals surface area contributed by atoms with Crippen LogP contribution in [0.1, 0.15) is 33.3 Å². The van der Waals surface area contributed by atoms with Crippen molar-refractivity contribution in [1.82, 2.24) is 5.32 Å². The van der Waals surface area contributed by atoms with Gasteiger partial charge in [0.15, 0.2) is 0 Å². The number of rotatable bonds is 5. The standard InChI is InChI=1S/C15H17BrN2OS/c1-10-9-13(20-14(10)16)15(19)18-8-7-12(17)11-5-3-2-4-6-11/h2-6,9,12H,7-8,17H2,1H3,(H,18,19). The van der Waals surface area contributed by atoms with E-state index in [0.717, 1.165) is 26.2 Å². The van der Waals surface area contributed by atoms with Crippen molar-refractivity contribution in [3.8, 4) is 0 Å². The van der Waals surface area contributed by atoms with Gasteiger partial charge in [-0.1, -0.05) is 30.3 Å². The summed E-state index contributed by atoms with van der Waals surface area (Å²) in [6, 6.07) is 11.8. The summed E-state index contributed by atoms with van der Waals surface area (Å²) >= 11 is 4.88. The molecule has 20 heavy (non-hydrogen) atoms. The highest BCUT2D eigenvalue weighted by atomic mass is 79.9. The minimum atomic E-state index is -0.0479. The fraction of sp³-hybridized carbons (Fsp3) is 0.267. The first kappa shape index (κ1) is 15.2. The van der Waals surface area contributed by atoms with Gasteiger partial charge in [0, 0.05) is 12.6 Å². The van der Waals surface area contributed by atoms with Crippen LogP contribution in [0.5, 0.6) is 0 Å². The van der Waals surface area contributed by atoms with Crippen LogP contribution in [0.15, 0.2) is 40.2 Å². The average Bonchev–Trinajstić information content (AvgIpc) is 2.79. The lowest BCUT2D eigenvalue weighted by Gasteiger charge is -2.12. The molecule has 1 aromatic heterocycles. The smallest absolute Gasteiger partial charge is 0.261 e. The first-order valence-electron chi connectivity index (χ1n) is 6.42. The highest BCUT2D eigenvalue weighted by molar-refractivity contribution is 9.11. The van der Waals surface area contributed by atoms with Crippen LogP contribution in [0.3, 0.4) is 0 Å². The molecule has 1 amide bonds. The van der Waals surface area contributed by atoms with E-state index in [4.69, 9.17) is 5.73 Å². The molecule has 0 aliphatic carbocycles. The molecule has 0 bridgehead atoms. The van der Waals surface area contributed by atoms with E-state index in [1.165, 1.54) is 11.3 Å². The van der Waals surface area contributed by atoms with Gasteiger partial charge in [-0.3, -0.25) is 4.79 Å². The monoisotopic (exact) mass is 352 g/mol. The molecule has 0 fully saturated rings. The van der Waals surface area contributed by atoms with Gasteiger partial charge in [0.1, 0.15) is 0 Å². The van der Waals surface area contributed by atoms with Crippen LogP contribution < -0.4 is 11.1 Å². The van der Waals surface area contributed by atoms with Crippen LogP contribution in [-0.2, 0) is 0 Å². The summed E-state index contributed by atoms with van der Waals surface area (Å²) in [5, 5.41) is 2.91. The van der Waals surface area contributed by atoms with E-state index < -0.39 is 0 Å². The zero-order chi connectivity index (χ0) is 14.5. The Morgan fingerprint density at radius 2 is 2.10 bits per heavy atom. The van der Waals surface area contributed by atoms with Gasteiger partial charge in [0.25, 0.3) is 5.91 Å². The minimum Gasteiger partial charge on any atom is -0.351 e. The summed E-state index contributed by atoms with van der Waals surface area (Å²) in [5.74, 6) is -0.0379. The highest BCUT2D eigenvalue weighted by Gasteiger charge is 2.11. The predicted octanol–water partition coefficient (Wildman–Crippen LogP) is 3.64. The Bertz CT molecular complexity index is 563. The van der Waals surface area contributed by atoms with E-state index in [0.29, 0.717) is 6.54 Å². The lowest BCUT2D eigenvalue weighted by Crippen LogP contribution is -2.26. The molecule has 0 spiro atoms.